The van der Waals surface area contributed by atoms with E-state index in [1.165, 1.54) is 0 Å². The summed E-state index contributed by atoms with van der Waals surface area (Å²) in [4.78, 5) is 22.3. The second kappa shape index (κ2) is 11.6. The minimum absolute atomic E-state index is 0.394. The fourth-order valence-corrected chi connectivity index (χ4v) is 10.8. The SMILES string of the molecule is CCCC[PH](CCCC)(CCCC)OS(=O)(=O)c1cc(C(=O)O)cc(C(=O)O)c1. The molecule has 1 rings (SSSR count). The van der Waals surface area contributed by atoms with E-state index in [1.54, 1.807) is 0 Å². The van der Waals surface area contributed by atoms with Crippen LogP contribution >= 0.6 is 7.49 Å². The van der Waals surface area contributed by atoms with Crippen molar-refractivity contribution < 1.29 is 32.2 Å². The van der Waals surface area contributed by atoms with Gasteiger partial charge in [0.25, 0.3) is 0 Å². The van der Waals surface area contributed by atoms with E-state index < -0.39 is 45.6 Å². The zero-order valence-corrected chi connectivity index (χ0v) is 19.3. The summed E-state index contributed by atoms with van der Waals surface area (Å²) in [5.74, 6) is -2.79. The Morgan fingerprint density at radius 3 is 1.52 bits per heavy atom. The van der Waals surface area contributed by atoms with E-state index in [2.05, 4.69) is 0 Å². The van der Waals surface area contributed by atoms with Crippen molar-refractivity contribution in [1.82, 2.24) is 0 Å². The molecule has 0 radical (unpaired) electrons. The number of carboxylic acids is 2. The van der Waals surface area contributed by atoms with Gasteiger partial charge < -0.3 is 0 Å². The second-order valence-electron chi connectivity index (χ2n) is 7.39. The molecule has 1 aromatic carbocycles. The molecule has 0 heterocycles. The molecule has 0 amide bonds. The molecule has 0 spiro atoms. The third-order valence-electron chi connectivity index (χ3n) is 4.93. The van der Waals surface area contributed by atoms with Gasteiger partial charge in [-0.2, -0.15) is 0 Å². The number of aromatic carboxylic acids is 2. The van der Waals surface area contributed by atoms with Crippen LogP contribution in [-0.2, 0) is 14.1 Å². The fourth-order valence-electron chi connectivity index (χ4n) is 3.27. The molecule has 9 heteroatoms. The topological polar surface area (TPSA) is 118 Å². The van der Waals surface area contributed by atoms with Crippen molar-refractivity contribution in [2.75, 3.05) is 18.5 Å². The molecule has 1 aromatic rings. The Kier molecular flexibility index (Phi) is 10.2. The molecule has 0 aliphatic carbocycles. The molecule has 7 nitrogen and oxygen atoms in total. The molecule has 166 valence electrons. The van der Waals surface area contributed by atoms with E-state index in [0.29, 0.717) is 18.5 Å². The van der Waals surface area contributed by atoms with Gasteiger partial charge in [0.2, 0.25) is 0 Å². The Morgan fingerprint density at radius 2 is 1.21 bits per heavy atom. The van der Waals surface area contributed by atoms with Gasteiger partial charge >= 0.3 is 174 Å². The number of carbonyl (C=O) groups is 2. The summed E-state index contributed by atoms with van der Waals surface area (Å²) in [6, 6.07) is 2.89. The van der Waals surface area contributed by atoms with Crippen LogP contribution in [0.3, 0.4) is 0 Å². The zero-order chi connectivity index (χ0) is 22.1. The number of unbranched alkanes of at least 4 members (excludes halogenated alkanes) is 3. The fraction of sp³-hybridized carbons (Fsp3) is 0.600. The Balaban J connectivity index is 3.41. The molecule has 0 aliphatic heterocycles. The molecular weight excluding hydrogens is 415 g/mol. The van der Waals surface area contributed by atoms with E-state index in [-0.39, 0.29) is 0 Å². The Labute approximate surface area is 174 Å². The van der Waals surface area contributed by atoms with Crippen LogP contribution in [0.4, 0.5) is 0 Å². The maximum absolute atomic E-state index is 13.1. The molecule has 0 atom stereocenters. The standard InChI is InChI=1S/C20H33O7PS/c1-4-7-10-28(11-8-5-2,12-9-6-3)27-29(25,26)18-14-16(19(21)22)13-17(15-18)20(23)24/h13-15,28H,4-12H2,1-3H3,(H,21,22)(H,23,24). The van der Waals surface area contributed by atoms with Gasteiger partial charge in [0.15, 0.2) is 0 Å². The average molecular weight is 449 g/mol. The second-order valence-corrected chi connectivity index (χ2v) is 13.3. The number of carboxylic acid groups (broad SMARTS) is 2. The molecule has 0 saturated heterocycles. The molecule has 0 fully saturated rings. The summed E-state index contributed by atoms with van der Waals surface area (Å²) in [6.45, 7) is 6.13. The van der Waals surface area contributed by atoms with E-state index in [9.17, 15) is 28.2 Å². The van der Waals surface area contributed by atoms with Gasteiger partial charge in [-0.1, -0.05) is 0 Å². The van der Waals surface area contributed by atoms with Gasteiger partial charge in [0, 0.05) is 0 Å². The third-order valence-corrected chi connectivity index (χ3v) is 11.8. The normalized spacial score (nSPS) is 12.7. The predicted octanol–water partition coefficient (Wildman–Crippen LogP) is 4.85. The van der Waals surface area contributed by atoms with Crippen molar-refractivity contribution in [3.63, 3.8) is 0 Å². The van der Waals surface area contributed by atoms with Crippen molar-refractivity contribution >= 4 is 29.5 Å². The number of benzene rings is 1. The van der Waals surface area contributed by atoms with Gasteiger partial charge in [0.05, 0.1) is 0 Å². The van der Waals surface area contributed by atoms with Crippen LogP contribution in [0.2, 0.25) is 0 Å². The summed E-state index contributed by atoms with van der Waals surface area (Å²) in [7, 11) is -6.93. The van der Waals surface area contributed by atoms with E-state index in [4.69, 9.17) is 3.97 Å². The number of hydrogen-bond acceptors (Lipinski definition) is 5. The Morgan fingerprint density at radius 1 is 0.828 bits per heavy atom. The van der Waals surface area contributed by atoms with Gasteiger partial charge in [-0.05, 0) is 0 Å². The Hall–Kier alpha value is -1.50. The van der Waals surface area contributed by atoms with Crippen LogP contribution < -0.4 is 0 Å². The Bertz CT molecular complexity index is 751. The van der Waals surface area contributed by atoms with Crippen molar-refractivity contribution in [2.24, 2.45) is 0 Å². The first-order valence-corrected chi connectivity index (χ1v) is 14.1. The number of hydrogen-bond donors (Lipinski definition) is 2. The first-order chi connectivity index (χ1) is 13.6. The molecular formula is C20H33O7PS. The van der Waals surface area contributed by atoms with E-state index in [0.717, 1.165) is 56.7 Å². The van der Waals surface area contributed by atoms with Crippen LogP contribution in [0, 0.1) is 0 Å². The summed E-state index contributed by atoms with van der Waals surface area (Å²) in [6.07, 6.45) is 7.52. The van der Waals surface area contributed by atoms with Crippen molar-refractivity contribution in [2.45, 2.75) is 64.2 Å². The minimum atomic E-state index is -4.29. The average Bonchev–Trinajstić information content (AvgIpc) is 2.68. The van der Waals surface area contributed by atoms with Gasteiger partial charge in [-0.15, -0.1) is 0 Å². The van der Waals surface area contributed by atoms with Crippen molar-refractivity contribution in [3.05, 3.63) is 29.3 Å². The first-order valence-electron chi connectivity index (χ1n) is 10.2. The summed E-state index contributed by atoms with van der Waals surface area (Å²) in [5.41, 5.74) is -0.787. The van der Waals surface area contributed by atoms with Crippen molar-refractivity contribution in [1.29, 1.82) is 0 Å². The molecule has 0 bridgehead atoms. The van der Waals surface area contributed by atoms with Crippen LogP contribution in [0.1, 0.15) is 80.0 Å². The quantitative estimate of drug-likeness (QED) is 0.390. The van der Waals surface area contributed by atoms with E-state index in [1.807, 2.05) is 20.8 Å². The first kappa shape index (κ1) is 25.5. The molecule has 0 unspecified atom stereocenters. The van der Waals surface area contributed by atoms with E-state index >= 15 is 0 Å². The van der Waals surface area contributed by atoms with Gasteiger partial charge in [-0.25, -0.2) is 0 Å². The monoisotopic (exact) mass is 448 g/mol. The third kappa shape index (κ3) is 7.68. The van der Waals surface area contributed by atoms with Crippen LogP contribution in [0.25, 0.3) is 0 Å². The van der Waals surface area contributed by atoms with Crippen LogP contribution in [0.5, 0.6) is 0 Å². The summed E-state index contributed by atoms with van der Waals surface area (Å²) in [5, 5.41) is 18.5. The summed E-state index contributed by atoms with van der Waals surface area (Å²) < 4.78 is 32.1. The molecule has 0 aromatic heterocycles. The molecule has 29 heavy (non-hydrogen) atoms. The van der Waals surface area contributed by atoms with Crippen molar-refractivity contribution in [3.8, 4) is 0 Å². The molecule has 2 N–H and O–H groups in total. The molecule has 0 aliphatic rings. The van der Waals surface area contributed by atoms with Gasteiger partial charge in [-0.3, -0.25) is 0 Å². The predicted molar refractivity (Wildman–Crippen MR) is 116 cm³/mol. The zero-order valence-electron chi connectivity index (χ0n) is 17.4. The van der Waals surface area contributed by atoms with Gasteiger partial charge in [0.1, 0.15) is 0 Å². The van der Waals surface area contributed by atoms with Crippen LogP contribution in [0.15, 0.2) is 23.1 Å². The van der Waals surface area contributed by atoms with Crippen LogP contribution in [-0.4, -0.2) is 49.1 Å². The number of rotatable bonds is 14. The molecule has 0 saturated carbocycles. The summed E-state index contributed by atoms with van der Waals surface area (Å²) >= 11 is 0. The maximum atomic E-state index is 13.1.